The van der Waals surface area contributed by atoms with E-state index in [9.17, 15) is 8.42 Å². The average molecular weight is 318 g/mol. The third-order valence-electron chi connectivity index (χ3n) is 3.84. The Morgan fingerprint density at radius 3 is 2.70 bits per heavy atom. The van der Waals surface area contributed by atoms with E-state index in [1.54, 1.807) is 6.07 Å². The van der Waals surface area contributed by atoms with Gasteiger partial charge in [0.1, 0.15) is 4.90 Å². The van der Waals surface area contributed by atoms with Crippen LogP contribution >= 0.6 is 11.6 Å². The Kier molecular flexibility index (Phi) is 4.74. The topological polar surface area (TPSA) is 57.6 Å². The van der Waals surface area contributed by atoms with Gasteiger partial charge in [-0.15, -0.1) is 0 Å². The molecule has 0 saturated carbocycles. The van der Waals surface area contributed by atoms with Gasteiger partial charge in [0.25, 0.3) is 0 Å². The summed E-state index contributed by atoms with van der Waals surface area (Å²) < 4.78 is 27.0. The van der Waals surface area contributed by atoms with E-state index in [0.29, 0.717) is 18.0 Å². The van der Waals surface area contributed by atoms with E-state index in [0.717, 1.165) is 12.8 Å². The van der Waals surface area contributed by atoms with Crippen LogP contribution in [0.4, 0.5) is 0 Å². The molecule has 0 amide bonds. The molecule has 1 aliphatic rings. The van der Waals surface area contributed by atoms with Gasteiger partial charge < -0.3 is 5.11 Å². The zero-order valence-corrected chi connectivity index (χ0v) is 13.3. The predicted octanol–water partition coefficient (Wildman–Crippen LogP) is 2.64. The van der Waals surface area contributed by atoms with Crippen LogP contribution in [0, 0.1) is 5.92 Å². The Balaban J connectivity index is 2.40. The predicted molar refractivity (Wildman–Crippen MR) is 79.1 cm³/mol. The number of rotatable bonds is 3. The van der Waals surface area contributed by atoms with Crippen molar-refractivity contribution < 1.29 is 13.5 Å². The lowest BCUT2D eigenvalue weighted by molar-refractivity contribution is 0.220. The molecule has 112 valence electrons. The van der Waals surface area contributed by atoms with Crippen LogP contribution in [0.25, 0.3) is 0 Å². The fourth-order valence-corrected chi connectivity index (χ4v) is 4.90. The van der Waals surface area contributed by atoms with Gasteiger partial charge in [0.05, 0.1) is 11.6 Å². The first-order valence-corrected chi connectivity index (χ1v) is 8.59. The maximum absolute atomic E-state index is 12.8. The summed E-state index contributed by atoms with van der Waals surface area (Å²) in [5, 5.41) is 9.37. The molecule has 2 unspecified atom stereocenters. The first-order valence-electron chi connectivity index (χ1n) is 6.77. The highest BCUT2D eigenvalue weighted by Gasteiger charge is 2.34. The molecule has 20 heavy (non-hydrogen) atoms. The third-order valence-corrected chi connectivity index (χ3v) is 6.34. The van der Waals surface area contributed by atoms with E-state index in [1.165, 1.54) is 16.4 Å². The lowest BCUT2D eigenvalue weighted by Crippen LogP contribution is -2.44. The van der Waals surface area contributed by atoms with Crippen molar-refractivity contribution in [3.05, 3.63) is 28.8 Å². The molecule has 1 aromatic carbocycles. The lowest BCUT2D eigenvalue weighted by atomic mass is 9.95. The Labute approximate surface area is 125 Å². The SMILES string of the molecule is CC1CCN(S(=O)(=O)c2cc(CO)ccc2Cl)C(C)C1. The van der Waals surface area contributed by atoms with Gasteiger partial charge in [0.15, 0.2) is 0 Å². The number of piperidine rings is 1. The molecule has 1 fully saturated rings. The number of hydrogen-bond donors (Lipinski definition) is 1. The summed E-state index contributed by atoms with van der Waals surface area (Å²) in [6, 6.07) is 4.58. The fraction of sp³-hybridized carbons (Fsp3) is 0.571. The molecule has 1 aliphatic heterocycles. The van der Waals surface area contributed by atoms with Crippen molar-refractivity contribution in [3.63, 3.8) is 0 Å². The maximum Gasteiger partial charge on any atom is 0.244 e. The van der Waals surface area contributed by atoms with Crippen LogP contribution < -0.4 is 0 Å². The number of hydrogen-bond acceptors (Lipinski definition) is 3. The van der Waals surface area contributed by atoms with Gasteiger partial charge in [-0.3, -0.25) is 0 Å². The van der Waals surface area contributed by atoms with E-state index < -0.39 is 10.0 Å². The van der Waals surface area contributed by atoms with E-state index >= 15 is 0 Å². The summed E-state index contributed by atoms with van der Waals surface area (Å²) in [6.07, 6.45) is 1.72. The van der Waals surface area contributed by atoms with Gasteiger partial charge in [-0.1, -0.05) is 24.6 Å². The van der Waals surface area contributed by atoms with Crippen LogP contribution in [0.5, 0.6) is 0 Å². The molecule has 6 heteroatoms. The van der Waals surface area contributed by atoms with Crippen LogP contribution in [0.15, 0.2) is 23.1 Å². The second kappa shape index (κ2) is 6.02. The van der Waals surface area contributed by atoms with Gasteiger partial charge in [-0.2, -0.15) is 4.31 Å². The highest BCUT2D eigenvalue weighted by Crippen LogP contribution is 2.31. The first-order chi connectivity index (χ1) is 9.36. The highest BCUT2D eigenvalue weighted by molar-refractivity contribution is 7.89. The summed E-state index contributed by atoms with van der Waals surface area (Å²) in [7, 11) is -3.61. The van der Waals surface area contributed by atoms with Crippen LogP contribution in [0.3, 0.4) is 0 Å². The zero-order valence-electron chi connectivity index (χ0n) is 11.7. The van der Waals surface area contributed by atoms with E-state index in [2.05, 4.69) is 6.92 Å². The van der Waals surface area contributed by atoms with Crippen LogP contribution in [0.2, 0.25) is 5.02 Å². The molecule has 1 aromatic rings. The van der Waals surface area contributed by atoms with Crippen molar-refractivity contribution in [2.75, 3.05) is 6.54 Å². The summed E-state index contributed by atoms with van der Waals surface area (Å²) in [5.41, 5.74) is 0.547. The summed E-state index contributed by atoms with van der Waals surface area (Å²) in [6.45, 7) is 4.38. The van der Waals surface area contributed by atoms with Gasteiger partial charge >= 0.3 is 0 Å². The smallest absolute Gasteiger partial charge is 0.244 e. The second-order valence-corrected chi connectivity index (χ2v) is 7.78. The van der Waals surface area contributed by atoms with Crippen LogP contribution in [-0.2, 0) is 16.6 Å². The zero-order chi connectivity index (χ0) is 14.9. The average Bonchev–Trinajstić information content (AvgIpc) is 2.38. The van der Waals surface area contributed by atoms with Crippen LogP contribution in [0.1, 0.15) is 32.3 Å². The standard InChI is InChI=1S/C14H20ClNO3S/c1-10-5-6-16(11(2)7-10)20(18,19)14-8-12(9-17)3-4-13(14)15/h3-4,8,10-11,17H,5-7,9H2,1-2H3. The molecule has 4 nitrogen and oxygen atoms in total. The Morgan fingerprint density at radius 2 is 2.10 bits per heavy atom. The Morgan fingerprint density at radius 1 is 1.40 bits per heavy atom. The van der Waals surface area contributed by atoms with E-state index in [1.807, 2.05) is 6.92 Å². The molecule has 2 atom stereocenters. The number of halogens is 1. The van der Waals surface area contributed by atoms with Crippen molar-refractivity contribution in [1.29, 1.82) is 0 Å². The van der Waals surface area contributed by atoms with Crippen molar-refractivity contribution in [2.24, 2.45) is 5.92 Å². The molecular weight excluding hydrogens is 298 g/mol. The first kappa shape index (κ1) is 15.8. The monoisotopic (exact) mass is 317 g/mol. The highest BCUT2D eigenvalue weighted by atomic mass is 35.5. The molecule has 1 heterocycles. The van der Waals surface area contributed by atoms with Crippen molar-refractivity contribution in [3.8, 4) is 0 Å². The van der Waals surface area contributed by atoms with E-state index in [4.69, 9.17) is 16.7 Å². The van der Waals surface area contributed by atoms with Crippen molar-refractivity contribution in [1.82, 2.24) is 4.31 Å². The molecule has 1 saturated heterocycles. The van der Waals surface area contributed by atoms with Crippen molar-refractivity contribution >= 4 is 21.6 Å². The quantitative estimate of drug-likeness (QED) is 0.932. The molecule has 0 radical (unpaired) electrons. The summed E-state index contributed by atoms with van der Waals surface area (Å²) >= 11 is 6.05. The van der Waals surface area contributed by atoms with Gasteiger partial charge in [-0.25, -0.2) is 8.42 Å². The molecule has 0 aliphatic carbocycles. The summed E-state index contributed by atoms with van der Waals surface area (Å²) in [4.78, 5) is 0.0899. The van der Waals surface area contributed by atoms with E-state index in [-0.39, 0.29) is 22.6 Å². The van der Waals surface area contributed by atoms with Gasteiger partial charge in [0.2, 0.25) is 10.0 Å². The Hall–Kier alpha value is -0.620. The number of aliphatic hydroxyl groups excluding tert-OH is 1. The van der Waals surface area contributed by atoms with Crippen LogP contribution in [-0.4, -0.2) is 30.4 Å². The molecule has 0 aromatic heterocycles. The minimum Gasteiger partial charge on any atom is -0.392 e. The Bertz CT molecular complexity index is 588. The largest absolute Gasteiger partial charge is 0.392 e. The molecule has 0 spiro atoms. The number of nitrogens with zero attached hydrogens (tertiary/aromatic N) is 1. The number of aliphatic hydroxyl groups is 1. The number of sulfonamides is 1. The normalized spacial score (nSPS) is 24.8. The van der Waals surface area contributed by atoms with Gasteiger partial charge in [0, 0.05) is 12.6 Å². The molecule has 0 bridgehead atoms. The van der Waals surface area contributed by atoms with Gasteiger partial charge in [-0.05, 0) is 43.4 Å². The minimum atomic E-state index is -3.61. The molecule has 1 N–H and O–H groups in total. The fourth-order valence-electron chi connectivity index (χ4n) is 2.71. The maximum atomic E-state index is 12.8. The third kappa shape index (κ3) is 3.01. The minimum absolute atomic E-state index is 0.0300. The lowest BCUT2D eigenvalue weighted by Gasteiger charge is -2.35. The molecule has 2 rings (SSSR count). The van der Waals surface area contributed by atoms with Crippen molar-refractivity contribution in [2.45, 2.75) is 44.2 Å². The second-order valence-electron chi connectivity index (χ2n) is 5.52. The number of benzene rings is 1. The summed E-state index contributed by atoms with van der Waals surface area (Å²) in [5.74, 6) is 0.538. The molecular formula is C14H20ClNO3S.